The molecule has 154 valence electrons. The second kappa shape index (κ2) is 7.86. The Labute approximate surface area is 173 Å². The number of benzene rings is 2. The fourth-order valence-electron chi connectivity index (χ4n) is 3.46. The van der Waals surface area contributed by atoms with Crippen LogP contribution in [0.25, 0.3) is 0 Å². The van der Waals surface area contributed by atoms with Crippen LogP contribution in [0.5, 0.6) is 11.5 Å². The van der Waals surface area contributed by atoms with Crippen LogP contribution >= 0.6 is 0 Å². The quantitative estimate of drug-likeness (QED) is 0.671. The van der Waals surface area contributed by atoms with Crippen LogP contribution in [0.4, 0.5) is 11.6 Å². The zero-order valence-electron chi connectivity index (χ0n) is 17.1. The zero-order valence-corrected chi connectivity index (χ0v) is 17.1. The Balaban J connectivity index is 1.75. The van der Waals surface area contributed by atoms with Crippen molar-refractivity contribution < 1.29 is 14.3 Å². The molecule has 0 spiro atoms. The van der Waals surface area contributed by atoms with Gasteiger partial charge in [0.25, 0.3) is 5.91 Å². The van der Waals surface area contributed by atoms with Crippen molar-refractivity contribution in [2.75, 3.05) is 24.9 Å². The Hall–Kier alpha value is -3.88. The molecule has 9 nitrogen and oxygen atoms in total. The summed E-state index contributed by atoms with van der Waals surface area (Å²) in [5.74, 6) is 1.32. The lowest BCUT2D eigenvalue weighted by atomic mass is 9.94. The number of rotatable bonds is 5. The Bertz CT molecular complexity index is 1120. The van der Waals surface area contributed by atoms with Crippen molar-refractivity contribution >= 4 is 17.5 Å². The van der Waals surface area contributed by atoms with E-state index in [0.29, 0.717) is 34.4 Å². The number of fused-ring (bicyclic) bond motifs is 1. The first-order valence-corrected chi connectivity index (χ1v) is 9.37. The van der Waals surface area contributed by atoms with Crippen LogP contribution in [0.2, 0.25) is 0 Å². The van der Waals surface area contributed by atoms with Crippen LogP contribution in [-0.4, -0.2) is 40.3 Å². The molecule has 0 unspecified atom stereocenters. The number of nitrogens with zero attached hydrogens (tertiary/aromatic N) is 4. The van der Waals surface area contributed by atoms with E-state index >= 15 is 0 Å². The topological polar surface area (TPSA) is 103 Å². The maximum absolute atomic E-state index is 13.4. The lowest BCUT2D eigenvalue weighted by Gasteiger charge is -2.28. The number of amides is 1. The van der Waals surface area contributed by atoms with E-state index in [2.05, 4.69) is 26.2 Å². The van der Waals surface area contributed by atoms with Gasteiger partial charge in [-0.1, -0.05) is 34.9 Å². The minimum absolute atomic E-state index is 0.293. The van der Waals surface area contributed by atoms with Crippen molar-refractivity contribution in [1.29, 1.82) is 0 Å². The molecule has 2 heterocycles. The molecule has 2 aromatic carbocycles. The molecule has 0 radical (unpaired) electrons. The van der Waals surface area contributed by atoms with Gasteiger partial charge in [-0.3, -0.25) is 4.79 Å². The van der Waals surface area contributed by atoms with E-state index in [0.717, 1.165) is 11.1 Å². The standard InChI is InChI=1S/C21H22N6O3/c1-12-5-7-14(8-6-12)19-18(13(2)22-21-24-25-26-27(19)21)20(28)23-16-11-15(29-3)9-10-17(16)30-4/h5-11,19H,1-4H3,(H,23,28)(H,22,24,26)/t19-/m1/s1. The number of carbonyl (C=O) groups excluding carboxylic acids is 1. The number of tetrazole rings is 1. The summed E-state index contributed by atoms with van der Waals surface area (Å²) in [7, 11) is 3.12. The molecule has 2 N–H and O–H groups in total. The smallest absolute Gasteiger partial charge is 0.255 e. The summed E-state index contributed by atoms with van der Waals surface area (Å²) in [6, 6.07) is 12.7. The number of methoxy groups -OCH3 is 2. The van der Waals surface area contributed by atoms with E-state index in [1.807, 2.05) is 38.1 Å². The number of anilines is 2. The van der Waals surface area contributed by atoms with Crippen LogP contribution < -0.4 is 20.1 Å². The predicted octanol–water partition coefficient (Wildman–Crippen LogP) is 2.93. The molecule has 0 aliphatic carbocycles. The van der Waals surface area contributed by atoms with Crippen molar-refractivity contribution in [3.8, 4) is 11.5 Å². The molecule has 3 aromatic rings. The molecular formula is C21H22N6O3. The van der Waals surface area contributed by atoms with Crippen LogP contribution in [-0.2, 0) is 4.79 Å². The van der Waals surface area contributed by atoms with Gasteiger partial charge in [0.2, 0.25) is 5.95 Å². The lowest BCUT2D eigenvalue weighted by Crippen LogP contribution is -2.31. The molecular weight excluding hydrogens is 384 g/mol. The Morgan fingerprint density at radius 3 is 2.57 bits per heavy atom. The summed E-state index contributed by atoms with van der Waals surface area (Å²) in [6.45, 7) is 3.84. The molecule has 0 saturated carbocycles. The Morgan fingerprint density at radius 1 is 1.10 bits per heavy atom. The third kappa shape index (κ3) is 3.45. The fraction of sp³-hybridized carbons (Fsp3) is 0.238. The Kier molecular flexibility index (Phi) is 5.09. The number of nitrogens with one attached hydrogen (secondary N) is 2. The molecule has 1 aliphatic rings. The Morgan fingerprint density at radius 2 is 1.87 bits per heavy atom. The SMILES string of the molecule is COc1ccc(OC)c(NC(=O)C2=C(C)Nc3nnnn3[C@@H]2c2ccc(C)cc2)c1. The first-order chi connectivity index (χ1) is 14.5. The number of carbonyl (C=O) groups is 1. The highest BCUT2D eigenvalue weighted by Gasteiger charge is 2.34. The molecule has 9 heteroatoms. The number of hydrogen-bond acceptors (Lipinski definition) is 7. The average Bonchev–Trinajstić information content (AvgIpc) is 3.21. The molecule has 4 rings (SSSR count). The van der Waals surface area contributed by atoms with Gasteiger partial charge in [-0.05, 0) is 42.0 Å². The number of aromatic nitrogens is 4. The summed E-state index contributed by atoms with van der Waals surface area (Å²) in [4.78, 5) is 13.4. The fourth-order valence-corrected chi connectivity index (χ4v) is 3.46. The van der Waals surface area contributed by atoms with Gasteiger partial charge in [-0.2, -0.15) is 4.68 Å². The summed E-state index contributed by atoms with van der Waals surface area (Å²) in [5.41, 5.74) is 3.70. The largest absolute Gasteiger partial charge is 0.497 e. The molecule has 30 heavy (non-hydrogen) atoms. The van der Waals surface area contributed by atoms with Gasteiger partial charge in [-0.15, -0.1) is 0 Å². The summed E-state index contributed by atoms with van der Waals surface area (Å²) >= 11 is 0. The third-order valence-electron chi connectivity index (χ3n) is 5.01. The van der Waals surface area contributed by atoms with Gasteiger partial charge in [-0.25, -0.2) is 0 Å². The summed E-state index contributed by atoms with van der Waals surface area (Å²) < 4.78 is 12.3. The second-order valence-electron chi connectivity index (χ2n) is 6.94. The van der Waals surface area contributed by atoms with Gasteiger partial charge in [0.05, 0.1) is 25.5 Å². The van der Waals surface area contributed by atoms with Gasteiger partial charge in [0.1, 0.15) is 17.5 Å². The molecule has 1 atom stereocenters. The van der Waals surface area contributed by atoms with Gasteiger partial charge < -0.3 is 20.1 Å². The summed E-state index contributed by atoms with van der Waals surface area (Å²) in [6.07, 6.45) is 0. The van der Waals surface area contributed by atoms with Gasteiger partial charge in [0.15, 0.2) is 0 Å². The van der Waals surface area contributed by atoms with Crippen molar-refractivity contribution in [2.24, 2.45) is 0 Å². The number of hydrogen-bond donors (Lipinski definition) is 2. The van der Waals surface area contributed by atoms with Crippen molar-refractivity contribution in [3.63, 3.8) is 0 Å². The highest BCUT2D eigenvalue weighted by atomic mass is 16.5. The highest BCUT2D eigenvalue weighted by Crippen LogP contribution is 2.36. The third-order valence-corrected chi connectivity index (χ3v) is 5.01. The number of allylic oxidation sites excluding steroid dienone is 1. The van der Waals surface area contributed by atoms with E-state index in [1.54, 1.807) is 37.1 Å². The molecule has 0 fully saturated rings. The van der Waals surface area contributed by atoms with Crippen LogP contribution in [0, 0.1) is 6.92 Å². The van der Waals surface area contributed by atoms with Gasteiger partial charge in [0, 0.05) is 11.8 Å². The van der Waals surface area contributed by atoms with E-state index < -0.39 is 6.04 Å². The van der Waals surface area contributed by atoms with Crippen molar-refractivity contribution in [2.45, 2.75) is 19.9 Å². The molecule has 1 aromatic heterocycles. The number of aryl methyl sites for hydroxylation is 1. The first kappa shape index (κ1) is 19.4. The van der Waals surface area contributed by atoms with E-state index in [9.17, 15) is 4.79 Å². The lowest BCUT2D eigenvalue weighted by molar-refractivity contribution is -0.113. The first-order valence-electron chi connectivity index (χ1n) is 9.37. The second-order valence-corrected chi connectivity index (χ2v) is 6.94. The predicted molar refractivity (Wildman–Crippen MR) is 112 cm³/mol. The number of ether oxygens (including phenoxy) is 2. The van der Waals surface area contributed by atoms with Crippen LogP contribution in [0.15, 0.2) is 53.7 Å². The van der Waals surface area contributed by atoms with Gasteiger partial charge >= 0.3 is 0 Å². The molecule has 0 saturated heterocycles. The maximum atomic E-state index is 13.4. The van der Waals surface area contributed by atoms with Crippen LogP contribution in [0.1, 0.15) is 24.1 Å². The minimum atomic E-state index is -0.478. The zero-order chi connectivity index (χ0) is 21.3. The molecule has 1 amide bonds. The van der Waals surface area contributed by atoms with Crippen molar-refractivity contribution in [3.05, 3.63) is 64.9 Å². The minimum Gasteiger partial charge on any atom is -0.497 e. The van der Waals surface area contributed by atoms with Crippen molar-refractivity contribution in [1.82, 2.24) is 20.2 Å². The van der Waals surface area contributed by atoms with E-state index in [1.165, 1.54) is 0 Å². The summed E-state index contributed by atoms with van der Waals surface area (Å²) in [5, 5.41) is 17.9. The monoisotopic (exact) mass is 406 g/mol. The van der Waals surface area contributed by atoms with E-state index in [4.69, 9.17) is 9.47 Å². The normalized spacial score (nSPS) is 15.3. The molecule has 1 aliphatic heterocycles. The van der Waals surface area contributed by atoms with E-state index in [-0.39, 0.29) is 5.91 Å². The maximum Gasteiger partial charge on any atom is 0.255 e. The van der Waals surface area contributed by atoms with Crippen LogP contribution in [0.3, 0.4) is 0 Å². The highest BCUT2D eigenvalue weighted by molar-refractivity contribution is 6.06. The average molecular weight is 406 g/mol. The molecule has 0 bridgehead atoms.